The first-order chi connectivity index (χ1) is 6.24. The van der Waals surface area contributed by atoms with Crippen LogP contribution in [0.15, 0.2) is 0 Å². The van der Waals surface area contributed by atoms with Crippen molar-refractivity contribution in [2.24, 2.45) is 5.92 Å². The van der Waals surface area contributed by atoms with Gasteiger partial charge in [-0.25, -0.2) is 4.79 Å². The Morgan fingerprint density at radius 1 is 1.69 bits per heavy atom. The second-order valence-electron chi connectivity index (χ2n) is 3.34. The number of alkyl carbamates (subject to hydrolysis) is 1. The summed E-state index contributed by atoms with van der Waals surface area (Å²) in [5, 5.41) is 12.0. The fourth-order valence-electron chi connectivity index (χ4n) is 1.22. The van der Waals surface area contributed by atoms with Crippen molar-refractivity contribution in [2.75, 3.05) is 13.2 Å². The average molecular weight is 187 g/mol. The topological polar surface area (TPSA) is 58.6 Å². The highest BCUT2D eigenvalue weighted by Crippen LogP contribution is 2.33. The van der Waals surface area contributed by atoms with Gasteiger partial charge in [0.2, 0.25) is 0 Å². The molecule has 0 bridgehead atoms. The van der Waals surface area contributed by atoms with Crippen LogP contribution >= 0.6 is 0 Å². The zero-order valence-corrected chi connectivity index (χ0v) is 7.95. The highest BCUT2D eigenvalue weighted by molar-refractivity contribution is 5.66. The van der Waals surface area contributed by atoms with E-state index in [1.807, 2.05) is 0 Å². The number of hydrogen-bond acceptors (Lipinski definition) is 3. The van der Waals surface area contributed by atoms with E-state index in [4.69, 9.17) is 0 Å². The third-order valence-electron chi connectivity index (χ3n) is 2.15. The van der Waals surface area contributed by atoms with Gasteiger partial charge in [0, 0.05) is 6.54 Å². The number of nitrogens with one attached hydrogen (secondary N) is 1. The molecule has 0 aromatic rings. The fourth-order valence-corrected chi connectivity index (χ4v) is 1.22. The second-order valence-corrected chi connectivity index (χ2v) is 3.34. The van der Waals surface area contributed by atoms with Gasteiger partial charge in [-0.15, -0.1) is 0 Å². The highest BCUT2D eigenvalue weighted by Gasteiger charge is 2.29. The summed E-state index contributed by atoms with van der Waals surface area (Å²) in [5.74, 6) is 0.476. The van der Waals surface area contributed by atoms with Crippen molar-refractivity contribution in [3.63, 3.8) is 0 Å². The van der Waals surface area contributed by atoms with Crippen molar-refractivity contribution in [2.45, 2.75) is 32.3 Å². The third kappa shape index (κ3) is 4.12. The molecular weight excluding hydrogens is 170 g/mol. The molecule has 0 aliphatic heterocycles. The summed E-state index contributed by atoms with van der Waals surface area (Å²) < 4.78 is 4.67. The molecule has 1 amide bonds. The molecule has 0 radical (unpaired) electrons. The number of aliphatic hydroxyl groups excluding tert-OH is 1. The quantitative estimate of drug-likeness (QED) is 0.672. The lowest BCUT2D eigenvalue weighted by molar-refractivity contribution is 0.132. The largest absolute Gasteiger partial charge is 0.450 e. The number of amides is 1. The SMILES string of the molecule is CCOC(=O)NCCC(O)C1CC1. The first kappa shape index (κ1) is 10.3. The molecule has 76 valence electrons. The minimum absolute atomic E-state index is 0.248. The van der Waals surface area contributed by atoms with Gasteiger partial charge < -0.3 is 15.2 Å². The van der Waals surface area contributed by atoms with E-state index in [0.29, 0.717) is 25.5 Å². The van der Waals surface area contributed by atoms with Crippen molar-refractivity contribution < 1.29 is 14.6 Å². The molecule has 0 spiro atoms. The number of ether oxygens (including phenoxy) is 1. The van der Waals surface area contributed by atoms with E-state index in [1.165, 1.54) is 0 Å². The molecule has 2 N–H and O–H groups in total. The Morgan fingerprint density at radius 3 is 2.92 bits per heavy atom. The molecule has 1 aliphatic rings. The van der Waals surface area contributed by atoms with E-state index < -0.39 is 6.09 Å². The molecule has 13 heavy (non-hydrogen) atoms. The summed E-state index contributed by atoms with van der Waals surface area (Å²) in [6.07, 6.45) is 2.23. The summed E-state index contributed by atoms with van der Waals surface area (Å²) in [4.78, 5) is 10.8. The number of rotatable bonds is 5. The van der Waals surface area contributed by atoms with Crippen LogP contribution in [0, 0.1) is 5.92 Å². The molecule has 1 saturated carbocycles. The highest BCUT2D eigenvalue weighted by atomic mass is 16.5. The van der Waals surface area contributed by atoms with Crippen LogP contribution in [0.4, 0.5) is 4.79 Å². The zero-order chi connectivity index (χ0) is 9.68. The normalized spacial score (nSPS) is 18.0. The maximum absolute atomic E-state index is 10.8. The Balaban J connectivity index is 1.96. The Morgan fingerprint density at radius 2 is 2.38 bits per heavy atom. The molecular formula is C9H17NO3. The fraction of sp³-hybridized carbons (Fsp3) is 0.889. The maximum atomic E-state index is 10.8. The molecule has 1 rings (SSSR count). The van der Waals surface area contributed by atoms with Gasteiger partial charge in [0.25, 0.3) is 0 Å². The molecule has 1 unspecified atom stereocenters. The smallest absolute Gasteiger partial charge is 0.407 e. The Bertz CT molecular complexity index is 168. The van der Waals surface area contributed by atoms with Crippen LogP contribution in [0.2, 0.25) is 0 Å². The summed E-state index contributed by atoms with van der Waals surface area (Å²) >= 11 is 0. The number of carbonyl (C=O) groups is 1. The van der Waals surface area contributed by atoms with E-state index in [1.54, 1.807) is 6.92 Å². The standard InChI is InChI=1S/C9H17NO3/c1-2-13-9(12)10-6-5-8(11)7-3-4-7/h7-8,11H,2-6H2,1H3,(H,10,12). The van der Waals surface area contributed by atoms with E-state index >= 15 is 0 Å². The average Bonchev–Trinajstić information content (AvgIpc) is 2.86. The van der Waals surface area contributed by atoms with Crippen LogP contribution < -0.4 is 5.32 Å². The van der Waals surface area contributed by atoms with Gasteiger partial charge in [-0.2, -0.15) is 0 Å². The van der Waals surface area contributed by atoms with E-state index in [-0.39, 0.29) is 6.10 Å². The Hall–Kier alpha value is -0.770. The van der Waals surface area contributed by atoms with E-state index in [0.717, 1.165) is 12.8 Å². The number of hydrogen-bond donors (Lipinski definition) is 2. The summed E-state index contributed by atoms with van der Waals surface area (Å²) in [6, 6.07) is 0. The minimum atomic E-state index is -0.398. The molecule has 1 fully saturated rings. The van der Waals surface area contributed by atoms with Crippen LogP contribution in [-0.4, -0.2) is 30.5 Å². The van der Waals surface area contributed by atoms with Crippen molar-refractivity contribution in [1.82, 2.24) is 5.32 Å². The Labute approximate surface area is 78.3 Å². The van der Waals surface area contributed by atoms with Crippen molar-refractivity contribution in [3.05, 3.63) is 0 Å². The van der Waals surface area contributed by atoms with Crippen LogP contribution in [0.5, 0.6) is 0 Å². The molecule has 0 saturated heterocycles. The predicted molar refractivity (Wildman–Crippen MR) is 48.4 cm³/mol. The summed E-state index contributed by atoms with van der Waals surface area (Å²) in [6.45, 7) is 2.64. The maximum Gasteiger partial charge on any atom is 0.407 e. The van der Waals surface area contributed by atoms with Gasteiger partial charge >= 0.3 is 6.09 Å². The lowest BCUT2D eigenvalue weighted by Gasteiger charge is -2.09. The minimum Gasteiger partial charge on any atom is -0.450 e. The summed E-state index contributed by atoms with van der Waals surface area (Å²) in [5.41, 5.74) is 0. The van der Waals surface area contributed by atoms with Gasteiger partial charge in [0.05, 0.1) is 12.7 Å². The third-order valence-corrected chi connectivity index (χ3v) is 2.15. The van der Waals surface area contributed by atoms with Crippen LogP contribution in [0.25, 0.3) is 0 Å². The van der Waals surface area contributed by atoms with E-state index in [9.17, 15) is 9.90 Å². The van der Waals surface area contributed by atoms with Crippen molar-refractivity contribution >= 4 is 6.09 Å². The summed E-state index contributed by atoms with van der Waals surface area (Å²) in [7, 11) is 0. The van der Waals surface area contributed by atoms with Crippen molar-refractivity contribution in [3.8, 4) is 0 Å². The number of carbonyl (C=O) groups excluding carboxylic acids is 1. The monoisotopic (exact) mass is 187 g/mol. The molecule has 1 atom stereocenters. The van der Waals surface area contributed by atoms with Gasteiger partial charge in [0.15, 0.2) is 0 Å². The zero-order valence-electron chi connectivity index (χ0n) is 7.95. The van der Waals surface area contributed by atoms with Gasteiger partial charge in [-0.3, -0.25) is 0 Å². The second kappa shape index (κ2) is 5.07. The Kier molecular flexibility index (Phi) is 4.02. The molecule has 1 aliphatic carbocycles. The van der Waals surface area contributed by atoms with Gasteiger partial charge in [-0.05, 0) is 32.1 Å². The van der Waals surface area contributed by atoms with Gasteiger partial charge in [-0.1, -0.05) is 0 Å². The van der Waals surface area contributed by atoms with Crippen LogP contribution in [0.3, 0.4) is 0 Å². The van der Waals surface area contributed by atoms with Crippen LogP contribution in [0.1, 0.15) is 26.2 Å². The van der Waals surface area contributed by atoms with E-state index in [2.05, 4.69) is 10.1 Å². The first-order valence-electron chi connectivity index (χ1n) is 4.82. The van der Waals surface area contributed by atoms with Crippen LogP contribution in [-0.2, 0) is 4.74 Å². The van der Waals surface area contributed by atoms with Gasteiger partial charge in [0.1, 0.15) is 0 Å². The first-order valence-corrected chi connectivity index (χ1v) is 4.82. The number of aliphatic hydroxyl groups is 1. The predicted octanol–water partition coefficient (Wildman–Crippen LogP) is 0.893. The van der Waals surface area contributed by atoms with Crippen molar-refractivity contribution in [1.29, 1.82) is 0 Å². The lowest BCUT2D eigenvalue weighted by Crippen LogP contribution is -2.28. The lowest BCUT2D eigenvalue weighted by atomic mass is 10.2. The molecule has 0 aromatic carbocycles. The molecule has 4 heteroatoms. The molecule has 0 aromatic heterocycles. The molecule has 4 nitrogen and oxygen atoms in total. The molecule has 0 heterocycles.